The van der Waals surface area contributed by atoms with E-state index in [1.165, 1.54) is 25.9 Å². The molecule has 5 heteroatoms. The van der Waals surface area contributed by atoms with E-state index in [0.29, 0.717) is 17.5 Å². The van der Waals surface area contributed by atoms with E-state index in [0.717, 1.165) is 17.4 Å². The number of H-pyrrole nitrogens is 1. The van der Waals surface area contributed by atoms with E-state index in [4.69, 9.17) is 0 Å². The largest absolute Gasteiger partial charge is 0.348 e. The molecule has 3 fully saturated rings. The van der Waals surface area contributed by atoms with Crippen LogP contribution in [0.1, 0.15) is 23.2 Å². The summed E-state index contributed by atoms with van der Waals surface area (Å²) in [5.74, 6) is 0.670. The smallest absolute Gasteiger partial charge is 0.252 e. The quantitative estimate of drug-likeness (QED) is 0.867. The number of piperidine rings is 3. The van der Waals surface area contributed by atoms with Gasteiger partial charge < -0.3 is 10.2 Å². The molecule has 0 radical (unpaired) electrons. The van der Waals surface area contributed by atoms with Crippen LogP contribution in [0.3, 0.4) is 0 Å². The highest BCUT2D eigenvalue weighted by Gasteiger charge is 2.35. The zero-order chi connectivity index (χ0) is 13.5. The fourth-order valence-electron chi connectivity index (χ4n) is 3.54. The first-order valence-electron chi connectivity index (χ1n) is 7.26. The number of aromatic amines is 1. The van der Waals surface area contributed by atoms with Crippen LogP contribution in [-0.2, 0) is 0 Å². The minimum absolute atomic E-state index is 0.0238. The third-order valence-electron chi connectivity index (χ3n) is 4.70. The summed E-state index contributed by atoms with van der Waals surface area (Å²) in [6, 6.07) is 6.00. The second-order valence-electron chi connectivity index (χ2n) is 5.85. The maximum Gasteiger partial charge on any atom is 0.252 e. The van der Waals surface area contributed by atoms with Gasteiger partial charge in [-0.3, -0.25) is 9.89 Å². The van der Waals surface area contributed by atoms with Crippen LogP contribution in [0.15, 0.2) is 24.4 Å². The molecule has 20 heavy (non-hydrogen) atoms. The molecule has 1 amide bonds. The Kier molecular flexibility index (Phi) is 2.73. The van der Waals surface area contributed by atoms with Crippen LogP contribution in [0, 0.1) is 5.92 Å². The van der Waals surface area contributed by atoms with Crippen LogP contribution < -0.4 is 5.32 Å². The number of amides is 1. The van der Waals surface area contributed by atoms with Crippen LogP contribution in [0.25, 0.3) is 10.9 Å². The van der Waals surface area contributed by atoms with Crippen molar-refractivity contribution in [2.24, 2.45) is 5.92 Å². The minimum atomic E-state index is 0.0238. The highest BCUT2D eigenvalue weighted by molar-refractivity contribution is 6.06. The SMILES string of the molecule is O=C(NC1CN2CCC1CC2)c1cccc2[nH]ncc12. The molecule has 0 aliphatic carbocycles. The van der Waals surface area contributed by atoms with E-state index in [2.05, 4.69) is 20.4 Å². The second kappa shape index (κ2) is 4.59. The normalized spacial score (nSPS) is 28.7. The van der Waals surface area contributed by atoms with Gasteiger partial charge in [0.1, 0.15) is 0 Å². The summed E-state index contributed by atoms with van der Waals surface area (Å²) < 4.78 is 0. The van der Waals surface area contributed by atoms with E-state index in [9.17, 15) is 4.79 Å². The molecule has 5 rings (SSSR count). The predicted molar refractivity (Wildman–Crippen MR) is 76.5 cm³/mol. The van der Waals surface area contributed by atoms with Gasteiger partial charge in [-0.25, -0.2) is 0 Å². The molecular weight excluding hydrogens is 252 g/mol. The molecule has 2 N–H and O–H groups in total. The van der Waals surface area contributed by atoms with Gasteiger partial charge in [0.2, 0.25) is 0 Å². The number of hydrogen-bond donors (Lipinski definition) is 2. The van der Waals surface area contributed by atoms with E-state index in [1.54, 1.807) is 6.20 Å². The van der Waals surface area contributed by atoms with Crippen LogP contribution in [0.5, 0.6) is 0 Å². The molecule has 5 nitrogen and oxygen atoms in total. The van der Waals surface area contributed by atoms with Gasteiger partial charge in [-0.05, 0) is 44.0 Å². The number of nitrogens with one attached hydrogen (secondary N) is 2. The Balaban J connectivity index is 1.57. The van der Waals surface area contributed by atoms with Crippen molar-refractivity contribution in [2.45, 2.75) is 18.9 Å². The minimum Gasteiger partial charge on any atom is -0.348 e. The first-order chi connectivity index (χ1) is 9.81. The van der Waals surface area contributed by atoms with E-state index in [1.807, 2.05) is 18.2 Å². The number of fused-ring (bicyclic) bond motifs is 4. The van der Waals surface area contributed by atoms with E-state index >= 15 is 0 Å². The first kappa shape index (κ1) is 11.9. The van der Waals surface area contributed by atoms with Gasteiger partial charge >= 0.3 is 0 Å². The number of benzene rings is 1. The molecule has 1 atom stereocenters. The Morgan fingerprint density at radius 3 is 2.95 bits per heavy atom. The zero-order valence-electron chi connectivity index (χ0n) is 11.3. The fraction of sp³-hybridized carbons (Fsp3) is 0.467. The van der Waals surface area contributed by atoms with Gasteiger partial charge in [0.05, 0.1) is 17.3 Å². The van der Waals surface area contributed by atoms with Gasteiger partial charge in [-0.15, -0.1) is 0 Å². The highest BCUT2D eigenvalue weighted by atomic mass is 16.1. The lowest BCUT2D eigenvalue weighted by atomic mass is 9.84. The number of carbonyl (C=O) groups is 1. The van der Waals surface area contributed by atoms with Gasteiger partial charge in [-0.2, -0.15) is 5.10 Å². The summed E-state index contributed by atoms with van der Waals surface area (Å²) in [5.41, 5.74) is 1.62. The lowest BCUT2D eigenvalue weighted by molar-refractivity contribution is 0.0621. The van der Waals surface area contributed by atoms with Gasteiger partial charge in [0.15, 0.2) is 0 Å². The number of hydrogen-bond acceptors (Lipinski definition) is 3. The van der Waals surface area contributed by atoms with Crippen LogP contribution in [-0.4, -0.2) is 46.7 Å². The fourth-order valence-corrected chi connectivity index (χ4v) is 3.54. The van der Waals surface area contributed by atoms with Crippen molar-refractivity contribution in [3.05, 3.63) is 30.0 Å². The van der Waals surface area contributed by atoms with Crippen molar-refractivity contribution in [1.29, 1.82) is 0 Å². The van der Waals surface area contributed by atoms with Crippen LogP contribution >= 0.6 is 0 Å². The molecule has 4 heterocycles. The Labute approximate surface area is 117 Å². The topological polar surface area (TPSA) is 61.0 Å². The molecule has 0 saturated carbocycles. The summed E-state index contributed by atoms with van der Waals surface area (Å²) in [6.07, 6.45) is 4.14. The van der Waals surface area contributed by atoms with E-state index < -0.39 is 0 Å². The van der Waals surface area contributed by atoms with Crippen molar-refractivity contribution >= 4 is 16.8 Å². The van der Waals surface area contributed by atoms with Gasteiger partial charge in [0.25, 0.3) is 5.91 Å². The summed E-state index contributed by atoms with van der Waals surface area (Å²) in [6.45, 7) is 3.38. The predicted octanol–water partition coefficient (Wildman–Crippen LogP) is 1.39. The van der Waals surface area contributed by atoms with Crippen molar-refractivity contribution in [3.63, 3.8) is 0 Å². The molecule has 0 spiro atoms. The average molecular weight is 270 g/mol. The third kappa shape index (κ3) is 1.89. The zero-order valence-corrected chi connectivity index (χ0v) is 11.3. The highest BCUT2D eigenvalue weighted by Crippen LogP contribution is 2.28. The molecule has 2 bridgehead atoms. The Hall–Kier alpha value is -1.88. The monoisotopic (exact) mass is 270 g/mol. The Bertz CT molecular complexity index is 642. The Morgan fingerprint density at radius 2 is 2.20 bits per heavy atom. The van der Waals surface area contributed by atoms with Crippen LogP contribution in [0.4, 0.5) is 0 Å². The lowest BCUT2D eigenvalue weighted by Gasteiger charge is -2.44. The van der Waals surface area contributed by atoms with Crippen molar-refractivity contribution in [3.8, 4) is 0 Å². The summed E-state index contributed by atoms with van der Waals surface area (Å²) in [5, 5.41) is 11.0. The van der Waals surface area contributed by atoms with E-state index in [-0.39, 0.29) is 5.91 Å². The van der Waals surface area contributed by atoms with Crippen molar-refractivity contribution in [1.82, 2.24) is 20.4 Å². The van der Waals surface area contributed by atoms with Crippen molar-refractivity contribution < 1.29 is 4.79 Å². The molecule has 1 unspecified atom stereocenters. The summed E-state index contributed by atoms with van der Waals surface area (Å²) in [4.78, 5) is 15.0. The molecule has 104 valence electrons. The summed E-state index contributed by atoms with van der Waals surface area (Å²) in [7, 11) is 0. The molecule has 3 aliphatic rings. The maximum atomic E-state index is 12.5. The average Bonchev–Trinajstić information content (AvgIpc) is 2.96. The molecule has 2 aromatic rings. The molecule has 3 aliphatic heterocycles. The molecule has 1 aromatic carbocycles. The standard InChI is InChI=1S/C15H18N4O/c20-15(11-2-1-3-13-12(11)8-16-18-13)17-14-9-19-6-4-10(14)5-7-19/h1-3,8,10,14H,4-7,9H2,(H,16,18)(H,17,20). The number of carbonyl (C=O) groups excluding carboxylic acids is 1. The Morgan fingerprint density at radius 1 is 1.35 bits per heavy atom. The maximum absolute atomic E-state index is 12.5. The number of rotatable bonds is 2. The number of nitrogens with zero attached hydrogens (tertiary/aromatic N) is 2. The molecular formula is C15H18N4O. The van der Waals surface area contributed by atoms with Gasteiger partial charge in [-0.1, -0.05) is 6.07 Å². The molecule has 1 aromatic heterocycles. The van der Waals surface area contributed by atoms with Gasteiger partial charge in [0, 0.05) is 18.0 Å². The second-order valence-corrected chi connectivity index (χ2v) is 5.85. The lowest BCUT2D eigenvalue weighted by Crippen LogP contribution is -2.57. The number of aromatic nitrogens is 2. The van der Waals surface area contributed by atoms with Crippen LogP contribution in [0.2, 0.25) is 0 Å². The molecule has 3 saturated heterocycles. The summed E-state index contributed by atoms with van der Waals surface area (Å²) >= 11 is 0. The first-order valence-corrected chi connectivity index (χ1v) is 7.26. The van der Waals surface area contributed by atoms with Crippen molar-refractivity contribution in [2.75, 3.05) is 19.6 Å². The third-order valence-corrected chi connectivity index (χ3v) is 4.70.